The van der Waals surface area contributed by atoms with Gasteiger partial charge in [-0.05, 0) is 67.7 Å². The fourth-order valence-electron chi connectivity index (χ4n) is 3.99. The van der Waals surface area contributed by atoms with Gasteiger partial charge in [-0.25, -0.2) is 4.39 Å². The molecule has 0 spiro atoms. The molecule has 4 rings (SSSR count). The maximum Gasteiger partial charge on any atom is 0.200 e. The average Bonchev–Trinajstić information content (AvgIpc) is 3.26. The number of hydrogen-bond acceptors (Lipinski definition) is 7. The highest BCUT2D eigenvalue weighted by atomic mass is 32.2. The van der Waals surface area contributed by atoms with Crippen molar-refractivity contribution >= 4 is 17.4 Å². The molecule has 0 unspecified atom stereocenters. The highest BCUT2D eigenvalue weighted by Gasteiger charge is 2.22. The first-order valence-electron chi connectivity index (χ1n) is 12.1. The van der Waals surface area contributed by atoms with Gasteiger partial charge in [0.05, 0.1) is 16.9 Å². The summed E-state index contributed by atoms with van der Waals surface area (Å²) in [6.07, 6.45) is 0. The maximum atomic E-state index is 15.4. The molecule has 0 saturated heterocycles. The molecule has 1 heterocycles. The van der Waals surface area contributed by atoms with E-state index in [9.17, 15) is 10.2 Å². The van der Waals surface area contributed by atoms with Crippen molar-refractivity contribution in [1.29, 1.82) is 0 Å². The van der Waals surface area contributed by atoms with Gasteiger partial charge in [-0.1, -0.05) is 32.0 Å². The molecule has 3 aromatic carbocycles. The Labute approximate surface area is 221 Å². The predicted octanol–water partition coefficient (Wildman–Crippen LogP) is 5.76. The Balaban J connectivity index is 1.84. The molecule has 0 aliphatic carbocycles. The minimum Gasteiger partial charge on any atom is -0.508 e. The number of rotatable bonds is 9. The highest BCUT2D eigenvalue weighted by molar-refractivity contribution is 7.99. The molecule has 0 atom stereocenters. The third-order valence-electron chi connectivity index (χ3n) is 6.08. The van der Waals surface area contributed by atoms with Crippen LogP contribution in [0.5, 0.6) is 11.5 Å². The summed E-state index contributed by atoms with van der Waals surface area (Å²) in [4.78, 5) is 4.88. The first-order valence-corrected chi connectivity index (χ1v) is 12.9. The molecular weight excluding hydrogens is 489 g/mol. The number of phenols is 2. The van der Waals surface area contributed by atoms with Crippen LogP contribution in [0.1, 0.15) is 25.3 Å². The van der Waals surface area contributed by atoms with Crippen LogP contribution in [0.4, 0.5) is 10.1 Å². The molecule has 0 amide bonds. The average molecular weight is 522 g/mol. The van der Waals surface area contributed by atoms with Gasteiger partial charge in [-0.15, -0.1) is 10.2 Å². The SMILES string of the molecule is CC(C)c1cc(-c2nnc(Sc3ccccc3)n2-c2ccc(N(C)CCN(C)C)c(F)c2)c(O)cc1O. The van der Waals surface area contributed by atoms with Crippen molar-refractivity contribution in [2.45, 2.75) is 29.8 Å². The van der Waals surface area contributed by atoms with Gasteiger partial charge in [0.15, 0.2) is 5.82 Å². The van der Waals surface area contributed by atoms with Crippen molar-refractivity contribution in [2.24, 2.45) is 0 Å². The van der Waals surface area contributed by atoms with E-state index in [1.165, 1.54) is 23.9 Å². The van der Waals surface area contributed by atoms with Crippen molar-refractivity contribution in [2.75, 3.05) is 39.1 Å². The molecule has 194 valence electrons. The van der Waals surface area contributed by atoms with Gasteiger partial charge in [0.2, 0.25) is 5.16 Å². The molecular formula is C28H32FN5O2S. The van der Waals surface area contributed by atoms with Crippen molar-refractivity contribution < 1.29 is 14.6 Å². The molecule has 0 saturated carbocycles. The largest absolute Gasteiger partial charge is 0.508 e. The van der Waals surface area contributed by atoms with Gasteiger partial charge < -0.3 is 20.0 Å². The zero-order chi connectivity index (χ0) is 26.7. The second kappa shape index (κ2) is 11.2. The number of benzene rings is 3. The van der Waals surface area contributed by atoms with Crippen molar-refractivity contribution in [3.8, 4) is 28.6 Å². The second-order valence-corrected chi connectivity index (χ2v) is 10.5. The van der Waals surface area contributed by atoms with Crippen molar-refractivity contribution in [3.63, 3.8) is 0 Å². The molecule has 0 radical (unpaired) electrons. The lowest BCUT2D eigenvalue weighted by Crippen LogP contribution is -2.29. The van der Waals surface area contributed by atoms with E-state index in [0.717, 1.165) is 11.4 Å². The predicted molar refractivity (Wildman–Crippen MR) is 147 cm³/mol. The lowest BCUT2D eigenvalue weighted by atomic mass is 9.98. The summed E-state index contributed by atoms with van der Waals surface area (Å²) in [5, 5.41) is 30.4. The van der Waals surface area contributed by atoms with Crippen LogP contribution in [-0.2, 0) is 0 Å². The Bertz CT molecular complexity index is 1370. The van der Waals surface area contributed by atoms with Crippen LogP contribution in [0.25, 0.3) is 17.1 Å². The first-order chi connectivity index (χ1) is 17.7. The van der Waals surface area contributed by atoms with Gasteiger partial charge in [0.25, 0.3) is 0 Å². The Morgan fingerprint density at radius 3 is 2.30 bits per heavy atom. The molecule has 9 heteroatoms. The lowest BCUT2D eigenvalue weighted by Gasteiger charge is -2.22. The standard InChI is InChI=1S/C28H32FN5O2S/c1-18(2)21-16-22(26(36)17-25(21)35)27-30-31-28(37-20-9-7-6-8-10-20)34(27)19-11-12-24(23(29)15-19)33(5)14-13-32(3)4/h6-12,15-18,35-36H,13-14H2,1-5H3. The number of halogens is 1. The number of nitrogens with zero attached hydrogens (tertiary/aromatic N) is 5. The number of phenolic OH excluding ortho intramolecular Hbond substituents is 2. The van der Waals surface area contributed by atoms with Crippen LogP contribution in [0.15, 0.2) is 70.7 Å². The van der Waals surface area contributed by atoms with E-state index < -0.39 is 0 Å². The van der Waals surface area contributed by atoms with Crippen LogP contribution in [-0.4, -0.2) is 64.1 Å². The summed E-state index contributed by atoms with van der Waals surface area (Å²) in [5.41, 5.74) is 2.09. The summed E-state index contributed by atoms with van der Waals surface area (Å²) in [6.45, 7) is 5.38. The van der Waals surface area contributed by atoms with Crippen LogP contribution in [0.2, 0.25) is 0 Å². The van der Waals surface area contributed by atoms with Gasteiger partial charge in [-0.3, -0.25) is 4.57 Å². The van der Waals surface area contributed by atoms with Crippen molar-refractivity contribution in [1.82, 2.24) is 19.7 Å². The minimum absolute atomic E-state index is 0.0114. The summed E-state index contributed by atoms with van der Waals surface area (Å²) < 4.78 is 17.1. The van der Waals surface area contributed by atoms with E-state index in [1.54, 1.807) is 16.7 Å². The van der Waals surface area contributed by atoms with E-state index in [4.69, 9.17) is 0 Å². The molecule has 37 heavy (non-hydrogen) atoms. The number of anilines is 1. The van der Waals surface area contributed by atoms with Gasteiger partial charge >= 0.3 is 0 Å². The molecule has 0 aliphatic rings. The van der Waals surface area contributed by atoms with Crippen molar-refractivity contribution in [3.05, 3.63) is 72.0 Å². The molecule has 1 aromatic heterocycles. The van der Waals surface area contributed by atoms with Gasteiger partial charge in [0, 0.05) is 37.2 Å². The maximum absolute atomic E-state index is 15.4. The first kappa shape index (κ1) is 26.5. The smallest absolute Gasteiger partial charge is 0.200 e. The molecule has 0 fully saturated rings. The summed E-state index contributed by atoms with van der Waals surface area (Å²) in [5.74, 6) is -0.120. The molecule has 7 nitrogen and oxygen atoms in total. The molecule has 2 N–H and O–H groups in total. The van der Waals surface area contributed by atoms with Crippen LogP contribution in [0.3, 0.4) is 0 Å². The zero-order valence-electron chi connectivity index (χ0n) is 21.7. The van der Waals surface area contributed by atoms with E-state index in [0.29, 0.717) is 40.0 Å². The Morgan fingerprint density at radius 1 is 0.919 bits per heavy atom. The summed E-state index contributed by atoms with van der Waals surface area (Å²) in [7, 11) is 5.83. The Kier molecular flexibility index (Phi) is 8.04. The van der Waals surface area contributed by atoms with E-state index in [2.05, 4.69) is 15.1 Å². The number of aromatic hydroxyl groups is 2. The molecule has 0 aliphatic heterocycles. The lowest BCUT2D eigenvalue weighted by molar-refractivity contribution is 0.416. The van der Waals surface area contributed by atoms with E-state index in [-0.39, 0.29) is 23.2 Å². The van der Waals surface area contributed by atoms with Crippen LogP contribution >= 0.6 is 11.8 Å². The monoisotopic (exact) mass is 521 g/mol. The zero-order valence-corrected chi connectivity index (χ0v) is 22.5. The Morgan fingerprint density at radius 2 is 1.65 bits per heavy atom. The molecule has 0 bridgehead atoms. The Hall–Kier alpha value is -3.56. The quantitative estimate of drug-likeness (QED) is 0.290. The fraction of sp³-hybridized carbons (Fsp3) is 0.286. The summed E-state index contributed by atoms with van der Waals surface area (Å²) >= 11 is 1.39. The number of hydrogen-bond donors (Lipinski definition) is 2. The van der Waals surface area contributed by atoms with E-state index in [1.807, 2.05) is 76.3 Å². The second-order valence-electron chi connectivity index (χ2n) is 9.50. The topological polar surface area (TPSA) is 77.7 Å². The molecule has 4 aromatic rings. The van der Waals surface area contributed by atoms with Crippen LogP contribution in [0, 0.1) is 5.82 Å². The van der Waals surface area contributed by atoms with Gasteiger partial charge in [0.1, 0.15) is 17.3 Å². The minimum atomic E-state index is -0.369. The van der Waals surface area contributed by atoms with Gasteiger partial charge in [-0.2, -0.15) is 0 Å². The normalized spacial score (nSPS) is 11.5. The fourth-order valence-corrected chi connectivity index (χ4v) is 4.86. The number of aromatic nitrogens is 3. The highest BCUT2D eigenvalue weighted by Crippen LogP contribution is 2.40. The number of likely N-dealkylation sites (N-methyl/N-ethyl adjacent to an activating group) is 2. The third-order valence-corrected chi connectivity index (χ3v) is 7.03. The van der Waals surface area contributed by atoms with E-state index >= 15 is 4.39 Å². The third kappa shape index (κ3) is 5.89. The summed E-state index contributed by atoms with van der Waals surface area (Å²) in [6, 6.07) is 17.8. The van der Waals surface area contributed by atoms with Crippen LogP contribution < -0.4 is 4.90 Å².